The highest BCUT2D eigenvalue weighted by atomic mass is 13.5. The van der Waals surface area contributed by atoms with Gasteiger partial charge in [0.1, 0.15) is 0 Å². The average Bonchev–Trinajstić information content (AvgIpc) is 1.41. The largest absolute Gasteiger partial charge is 0.0877 e. The van der Waals surface area contributed by atoms with Crippen molar-refractivity contribution < 1.29 is 0 Å². The highest BCUT2D eigenvalue weighted by Gasteiger charge is 1.42. The van der Waals surface area contributed by atoms with E-state index in [1.165, 1.54) is 6.08 Å². The van der Waals surface area contributed by atoms with Crippen LogP contribution >= 0.6 is 0 Å². The Morgan fingerprint density at radius 3 is 2.20 bits per heavy atom. The molecule has 0 aromatic carbocycles. The third-order valence-electron chi connectivity index (χ3n) is 0.304. The molecule has 0 aliphatic heterocycles. The Kier molecular flexibility index (Phi) is 3.12. The summed E-state index contributed by atoms with van der Waals surface area (Å²) < 4.78 is 0. The molecule has 0 N–H and O–H groups in total. The minimum absolute atomic E-state index is 1.50. The first-order valence-electron chi connectivity index (χ1n) is 1.58. The number of hydrogen-bond donors (Lipinski definition) is 0. The molecule has 0 heterocycles. The molecule has 0 heteroatoms. The zero-order chi connectivity index (χ0) is 4.12. The fourth-order valence-electron chi connectivity index (χ4n) is 0.111. The summed E-state index contributed by atoms with van der Waals surface area (Å²) in [6.45, 7) is 6.85. The molecule has 0 unspecified atom stereocenters. The molecule has 0 aromatic heterocycles. The van der Waals surface area contributed by atoms with Crippen molar-refractivity contribution in [1.82, 2.24) is 0 Å². The van der Waals surface area contributed by atoms with E-state index >= 15 is 0 Å². The van der Waals surface area contributed by atoms with Crippen LogP contribution in [0, 0.1) is 6.58 Å². The molecule has 0 amide bonds. The van der Waals surface area contributed by atoms with Gasteiger partial charge in [0.15, 0.2) is 0 Å². The van der Waals surface area contributed by atoms with Gasteiger partial charge in [-0.2, -0.15) is 0 Å². The summed E-state index contributed by atoms with van der Waals surface area (Å²) in [5.74, 6) is 0. The van der Waals surface area contributed by atoms with Gasteiger partial charge in [0.2, 0.25) is 0 Å². The maximum atomic E-state index is 4.93. The summed E-state index contributed by atoms with van der Waals surface area (Å²) in [5, 5.41) is 0. The van der Waals surface area contributed by atoms with Crippen LogP contribution in [0.3, 0.4) is 0 Å². The van der Waals surface area contributed by atoms with Crippen molar-refractivity contribution in [1.29, 1.82) is 0 Å². The Morgan fingerprint density at radius 2 is 2.20 bits per heavy atom. The maximum absolute atomic E-state index is 4.93. The first kappa shape index (κ1) is 4.48. The van der Waals surface area contributed by atoms with Crippen LogP contribution in [0.15, 0.2) is 18.2 Å². The molecule has 0 bridgehead atoms. The molecule has 0 aliphatic rings. The molecule has 5 heavy (non-hydrogen) atoms. The molecule has 0 rings (SSSR count). The second kappa shape index (κ2) is 3.48. The van der Waals surface area contributed by atoms with Crippen LogP contribution in [0.2, 0.25) is 0 Å². The SMILES string of the molecule is [CH]=C/C=C\C. The second-order valence-electron chi connectivity index (χ2n) is 0.718. The zero-order valence-corrected chi connectivity index (χ0v) is 3.31. The van der Waals surface area contributed by atoms with Crippen LogP contribution in [-0.2, 0) is 0 Å². The van der Waals surface area contributed by atoms with Crippen molar-refractivity contribution in [2.24, 2.45) is 0 Å². The first-order chi connectivity index (χ1) is 2.41. The van der Waals surface area contributed by atoms with E-state index in [1.54, 1.807) is 6.08 Å². The lowest BCUT2D eigenvalue weighted by molar-refractivity contribution is 1.74. The van der Waals surface area contributed by atoms with E-state index in [2.05, 4.69) is 0 Å². The van der Waals surface area contributed by atoms with Gasteiger partial charge < -0.3 is 0 Å². The third kappa shape index (κ3) is 3.48. The van der Waals surface area contributed by atoms with E-state index in [1.807, 2.05) is 13.0 Å². The lowest BCUT2D eigenvalue weighted by Crippen LogP contribution is -1.34. The van der Waals surface area contributed by atoms with Gasteiger partial charge in [-0.05, 0) is 6.92 Å². The van der Waals surface area contributed by atoms with Crippen molar-refractivity contribution >= 4 is 0 Å². The molecule has 27 valence electrons. The van der Waals surface area contributed by atoms with E-state index in [0.29, 0.717) is 0 Å². The Hall–Kier alpha value is -0.520. The smallest absolute Gasteiger partial charge is 0.0467 e. The molecule has 0 fully saturated rings. The summed E-state index contributed by atoms with van der Waals surface area (Å²) >= 11 is 0. The topological polar surface area (TPSA) is 0 Å². The van der Waals surface area contributed by atoms with Crippen LogP contribution in [0.5, 0.6) is 0 Å². The van der Waals surface area contributed by atoms with Crippen LogP contribution in [0.4, 0.5) is 0 Å². The number of rotatable bonds is 1. The highest BCUT2D eigenvalue weighted by molar-refractivity contribution is 4.92. The highest BCUT2D eigenvalue weighted by Crippen LogP contribution is 1.64. The molecule has 1 radical (unpaired) electrons. The van der Waals surface area contributed by atoms with Crippen LogP contribution in [0.1, 0.15) is 6.92 Å². The summed E-state index contributed by atoms with van der Waals surface area (Å²) in [6, 6.07) is 0. The maximum Gasteiger partial charge on any atom is -0.0467 e. The fraction of sp³-hybridized carbons (Fsp3) is 0.200. The molecular weight excluding hydrogens is 60.1 g/mol. The first-order valence-corrected chi connectivity index (χ1v) is 1.58. The second-order valence-corrected chi connectivity index (χ2v) is 0.718. The number of allylic oxidation sites excluding steroid dienone is 3. The van der Waals surface area contributed by atoms with Crippen molar-refractivity contribution in [2.75, 3.05) is 0 Å². The molecule has 0 aliphatic carbocycles. The van der Waals surface area contributed by atoms with E-state index in [4.69, 9.17) is 6.58 Å². The molecule has 0 spiro atoms. The standard InChI is InChI=1S/C5H7/c1-3-5-4-2/h1,3-5H,2H3/b3-1?,5-4-. The van der Waals surface area contributed by atoms with Gasteiger partial charge in [-0.3, -0.25) is 0 Å². The van der Waals surface area contributed by atoms with E-state index in [-0.39, 0.29) is 0 Å². The predicted molar refractivity (Wildman–Crippen MR) is 23.7 cm³/mol. The summed E-state index contributed by atoms with van der Waals surface area (Å²) in [6.07, 6.45) is 5.15. The number of hydrogen-bond acceptors (Lipinski definition) is 0. The third-order valence-corrected chi connectivity index (χ3v) is 0.304. The quantitative estimate of drug-likeness (QED) is 0.408. The Balaban J connectivity index is 2.92. The molecule has 0 saturated carbocycles. The van der Waals surface area contributed by atoms with Gasteiger partial charge in [0, 0.05) is 0 Å². The van der Waals surface area contributed by atoms with Crippen LogP contribution in [-0.4, -0.2) is 0 Å². The molecule has 0 aromatic rings. The van der Waals surface area contributed by atoms with Crippen molar-refractivity contribution in [2.45, 2.75) is 6.92 Å². The zero-order valence-electron chi connectivity index (χ0n) is 3.31. The average molecular weight is 67.1 g/mol. The minimum atomic E-state index is 1.50. The Labute approximate surface area is 32.8 Å². The van der Waals surface area contributed by atoms with Crippen molar-refractivity contribution in [3.63, 3.8) is 0 Å². The lowest BCUT2D eigenvalue weighted by Gasteiger charge is -1.55. The van der Waals surface area contributed by atoms with E-state index in [9.17, 15) is 0 Å². The van der Waals surface area contributed by atoms with Crippen molar-refractivity contribution in [3.8, 4) is 0 Å². The molecule has 0 saturated heterocycles. The van der Waals surface area contributed by atoms with Gasteiger partial charge >= 0.3 is 0 Å². The molecule has 0 nitrogen and oxygen atoms in total. The minimum Gasteiger partial charge on any atom is -0.0877 e. The Morgan fingerprint density at radius 1 is 1.60 bits per heavy atom. The summed E-state index contributed by atoms with van der Waals surface area (Å²) in [4.78, 5) is 0. The van der Waals surface area contributed by atoms with Gasteiger partial charge in [0.05, 0.1) is 0 Å². The van der Waals surface area contributed by atoms with E-state index < -0.39 is 0 Å². The van der Waals surface area contributed by atoms with Crippen LogP contribution < -0.4 is 0 Å². The predicted octanol–water partition coefficient (Wildman–Crippen LogP) is 1.55. The van der Waals surface area contributed by atoms with E-state index in [0.717, 1.165) is 0 Å². The molecule has 0 atom stereocenters. The van der Waals surface area contributed by atoms with Gasteiger partial charge in [-0.1, -0.05) is 24.8 Å². The van der Waals surface area contributed by atoms with Gasteiger partial charge in [0.25, 0.3) is 0 Å². The van der Waals surface area contributed by atoms with Crippen LogP contribution in [0.25, 0.3) is 0 Å². The summed E-state index contributed by atoms with van der Waals surface area (Å²) in [7, 11) is 0. The lowest BCUT2D eigenvalue weighted by atomic mass is 10.5. The monoisotopic (exact) mass is 67.1 g/mol. The fourth-order valence-corrected chi connectivity index (χ4v) is 0.111. The van der Waals surface area contributed by atoms with Gasteiger partial charge in [-0.25, -0.2) is 0 Å². The summed E-state index contributed by atoms with van der Waals surface area (Å²) in [5.41, 5.74) is 0. The van der Waals surface area contributed by atoms with Gasteiger partial charge in [-0.15, -0.1) is 0 Å². The normalized spacial score (nSPS) is 9.00. The molecular formula is C5H7. The van der Waals surface area contributed by atoms with Crippen molar-refractivity contribution in [3.05, 3.63) is 24.8 Å². The Bertz CT molecular complexity index is 42.0.